The van der Waals surface area contributed by atoms with E-state index in [1.807, 2.05) is 0 Å². The van der Waals surface area contributed by atoms with Gasteiger partial charge >= 0.3 is 0 Å². The largest absolute Gasteiger partial charge is 0.384 e. The Kier molecular flexibility index (Phi) is 3.80. The lowest BCUT2D eigenvalue weighted by Crippen LogP contribution is -2.10. The average molecular weight is 201 g/mol. The van der Waals surface area contributed by atoms with E-state index in [2.05, 4.69) is 56.3 Å². The highest BCUT2D eigenvalue weighted by Gasteiger charge is 2.12. The van der Waals surface area contributed by atoms with Crippen LogP contribution in [-0.4, -0.2) is 6.54 Å². The van der Waals surface area contributed by atoms with Crippen molar-refractivity contribution < 1.29 is 0 Å². The summed E-state index contributed by atoms with van der Waals surface area (Å²) in [6.45, 7) is 7.49. The molecule has 1 nitrogen and oxygen atoms in total. The molecule has 0 saturated heterocycles. The number of nitrogens with one attached hydrogen (secondary N) is 1. The Balaban J connectivity index is 2.61. The number of hydrogen-bond acceptors (Lipinski definition) is 1. The first-order chi connectivity index (χ1) is 7.04. The van der Waals surface area contributed by atoms with E-state index in [0.29, 0.717) is 0 Å². The number of benzene rings is 1. The van der Waals surface area contributed by atoms with Crippen LogP contribution in [0.4, 0.5) is 5.69 Å². The molecule has 0 aliphatic carbocycles. The molecule has 1 heteroatoms. The fourth-order valence-corrected chi connectivity index (χ4v) is 1.37. The molecule has 15 heavy (non-hydrogen) atoms. The number of rotatable bonds is 3. The SMILES string of the molecule is C#CCCNc1ccc(C(C)(C)C)cc1. The molecule has 0 aliphatic rings. The predicted octanol–water partition coefficient (Wildman–Crippen LogP) is 3.42. The lowest BCUT2D eigenvalue weighted by atomic mass is 9.87. The van der Waals surface area contributed by atoms with Crippen molar-refractivity contribution in [1.29, 1.82) is 0 Å². The molecule has 0 saturated carbocycles. The zero-order valence-electron chi connectivity index (χ0n) is 9.80. The van der Waals surface area contributed by atoms with Gasteiger partial charge in [-0.25, -0.2) is 0 Å². The highest BCUT2D eigenvalue weighted by molar-refractivity contribution is 5.45. The topological polar surface area (TPSA) is 12.0 Å². The van der Waals surface area contributed by atoms with E-state index in [1.165, 1.54) is 5.56 Å². The molecule has 1 N–H and O–H groups in total. The van der Waals surface area contributed by atoms with Crippen LogP contribution in [0, 0.1) is 12.3 Å². The van der Waals surface area contributed by atoms with Crippen molar-refractivity contribution in [2.45, 2.75) is 32.6 Å². The predicted molar refractivity (Wildman–Crippen MR) is 67.1 cm³/mol. The average Bonchev–Trinajstić information content (AvgIpc) is 2.18. The molecular formula is C14H19N. The number of terminal acetylenes is 1. The zero-order chi connectivity index (χ0) is 11.3. The van der Waals surface area contributed by atoms with Crippen LogP contribution in [0.1, 0.15) is 32.8 Å². The maximum Gasteiger partial charge on any atom is 0.0340 e. The molecule has 0 radical (unpaired) electrons. The minimum Gasteiger partial charge on any atom is -0.384 e. The molecule has 1 rings (SSSR count). The summed E-state index contributed by atoms with van der Waals surface area (Å²) in [6.07, 6.45) is 5.95. The van der Waals surface area contributed by atoms with Crippen LogP contribution in [0.3, 0.4) is 0 Å². The lowest BCUT2D eigenvalue weighted by Gasteiger charge is -2.19. The minimum atomic E-state index is 0.220. The summed E-state index contributed by atoms with van der Waals surface area (Å²) in [7, 11) is 0. The summed E-state index contributed by atoms with van der Waals surface area (Å²) < 4.78 is 0. The third kappa shape index (κ3) is 3.67. The van der Waals surface area contributed by atoms with E-state index in [4.69, 9.17) is 6.42 Å². The van der Waals surface area contributed by atoms with E-state index >= 15 is 0 Å². The quantitative estimate of drug-likeness (QED) is 0.583. The van der Waals surface area contributed by atoms with Crippen molar-refractivity contribution >= 4 is 5.69 Å². The number of hydrogen-bond donors (Lipinski definition) is 1. The van der Waals surface area contributed by atoms with Crippen molar-refractivity contribution in [3.63, 3.8) is 0 Å². The molecule has 0 fully saturated rings. The third-order valence-electron chi connectivity index (χ3n) is 2.35. The first kappa shape index (κ1) is 11.7. The molecule has 0 amide bonds. The Morgan fingerprint density at radius 3 is 2.27 bits per heavy atom. The molecule has 0 atom stereocenters. The van der Waals surface area contributed by atoms with Gasteiger partial charge in [-0.3, -0.25) is 0 Å². The molecule has 80 valence electrons. The van der Waals surface area contributed by atoms with Crippen molar-refractivity contribution in [1.82, 2.24) is 0 Å². The summed E-state index contributed by atoms with van der Waals surface area (Å²) >= 11 is 0. The number of anilines is 1. The van der Waals surface area contributed by atoms with E-state index in [9.17, 15) is 0 Å². The van der Waals surface area contributed by atoms with Gasteiger partial charge in [0.2, 0.25) is 0 Å². The summed E-state index contributed by atoms with van der Waals surface area (Å²) in [5.74, 6) is 2.61. The lowest BCUT2D eigenvalue weighted by molar-refractivity contribution is 0.590. The van der Waals surface area contributed by atoms with Crippen LogP contribution >= 0.6 is 0 Å². The molecule has 0 spiro atoms. The first-order valence-corrected chi connectivity index (χ1v) is 5.32. The Morgan fingerprint density at radius 1 is 1.20 bits per heavy atom. The van der Waals surface area contributed by atoms with Gasteiger partial charge in [0.1, 0.15) is 0 Å². The highest BCUT2D eigenvalue weighted by atomic mass is 14.9. The standard InChI is InChI=1S/C14H19N/c1-5-6-11-15-13-9-7-12(8-10-13)14(2,3)4/h1,7-10,15H,6,11H2,2-4H3. The molecule has 0 aliphatic heterocycles. The fraction of sp³-hybridized carbons (Fsp3) is 0.429. The summed E-state index contributed by atoms with van der Waals surface area (Å²) in [4.78, 5) is 0. The van der Waals surface area contributed by atoms with Crippen molar-refractivity contribution in [2.75, 3.05) is 11.9 Å². The van der Waals surface area contributed by atoms with E-state index < -0.39 is 0 Å². The molecule has 0 aromatic heterocycles. The Hall–Kier alpha value is -1.42. The van der Waals surface area contributed by atoms with Gasteiger partial charge in [-0.15, -0.1) is 12.3 Å². The van der Waals surface area contributed by atoms with Gasteiger partial charge in [-0.1, -0.05) is 32.9 Å². The highest BCUT2D eigenvalue weighted by Crippen LogP contribution is 2.23. The van der Waals surface area contributed by atoms with E-state index in [1.54, 1.807) is 0 Å². The molecule has 0 heterocycles. The third-order valence-corrected chi connectivity index (χ3v) is 2.35. The minimum absolute atomic E-state index is 0.220. The molecule has 0 bridgehead atoms. The molecular weight excluding hydrogens is 182 g/mol. The Labute approximate surface area is 92.9 Å². The normalized spacial score (nSPS) is 10.8. The van der Waals surface area contributed by atoms with Crippen molar-refractivity contribution in [3.8, 4) is 12.3 Å². The van der Waals surface area contributed by atoms with E-state index in [-0.39, 0.29) is 5.41 Å². The first-order valence-electron chi connectivity index (χ1n) is 5.32. The monoisotopic (exact) mass is 201 g/mol. The summed E-state index contributed by atoms with van der Waals surface area (Å²) in [5.41, 5.74) is 2.71. The smallest absolute Gasteiger partial charge is 0.0340 e. The van der Waals surface area contributed by atoms with Gasteiger partial charge in [0.05, 0.1) is 0 Å². The van der Waals surface area contributed by atoms with Crippen LogP contribution in [0.5, 0.6) is 0 Å². The van der Waals surface area contributed by atoms with Crippen molar-refractivity contribution in [3.05, 3.63) is 29.8 Å². The van der Waals surface area contributed by atoms with Gasteiger partial charge in [-0.05, 0) is 23.1 Å². The van der Waals surface area contributed by atoms with Gasteiger partial charge in [0.25, 0.3) is 0 Å². The van der Waals surface area contributed by atoms with Gasteiger partial charge < -0.3 is 5.32 Å². The van der Waals surface area contributed by atoms with Gasteiger partial charge in [0, 0.05) is 18.7 Å². The maximum atomic E-state index is 5.18. The summed E-state index contributed by atoms with van der Waals surface area (Å²) in [6, 6.07) is 8.55. The van der Waals surface area contributed by atoms with Crippen LogP contribution in [0.15, 0.2) is 24.3 Å². The fourth-order valence-electron chi connectivity index (χ4n) is 1.37. The molecule has 1 aromatic carbocycles. The van der Waals surface area contributed by atoms with Crippen LogP contribution in [0.2, 0.25) is 0 Å². The maximum absolute atomic E-state index is 5.18. The Bertz CT molecular complexity index is 335. The second-order valence-electron chi connectivity index (χ2n) is 4.71. The van der Waals surface area contributed by atoms with Crippen LogP contribution < -0.4 is 5.32 Å². The van der Waals surface area contributed by atoms with Gasteiger partial charge in [0.15, 0.2) is 0 Å². The molecule has 1 aromatic rings. The second kappa shape index (κ2) is 4.89. The van der Waals surface area contributed by atoms with Gasteiger partial charge in [-0.2, -0.15) is 0 Å². The van der Waals surface area contributed by atoms with Crippen LogP contribution in [-0.2, 0) is 5.41 Å². The summed E-state index contributed by atoms with van der Waals surface area (Å²) in [5, 5.41) is 3.28. The van der Waals surface area contributed by atoms with Crippen LogP contribution in [0.25, 0.3) is 0 Å². The zero-order valence-corrected chi connectivity index (χ0v) is 9.80. The molecule has 0 unspecified atom stereocenters. The second-order valence-corrected chi connectivity index (χ2v) is 4.71. The van der Waals surface area contributed by atoms with Crippen molar-refractivity contribution in [2.24, 2.45) is 0 Å². The Morgan fingerprint density at radius 2 is 1.80 bits per heavy atom. The van der Waals surface area contributed by atoms with E-state index in [0.717, 1.165) is 18.7 Å².